The van der Waals surface area contributed by atoms with Gasteiger partial charge in [0.1, 0.15) is 5.41 Å². The van der Waals surface area contributed by atoms with Gasteiger partial charge in [-0.15, -0.1) is 0 Å². The van der Waals surface area contributed by atoms with Gasteiger partial charge < -0.3 is 5.32 Å². The zero-order chi connectivity index (χ0) is 22.8. The van der Waals surface area contributed by atoms with Crippen LogP contribution in [-0.4, -0.2) is 43.3 Å². The Balaban J connectivity index is 1.67. The first-order valence-electron chi connectivity index (χ1n) is 10.9. The third kappa shape index (κ3) is 2.80. The third-order valence-electron chi connectivity index (χ3n) is 8.31. The van der Waals surface area contributed by atoms with Gasteiger partial charge >= 0.3 is 0 Å². The molecule has 0 aromatic heterocycles. The Morgan fingerprint density at radius 2 is 1.65 bits per heavy atom. The summed E-state index contributed by atoms with van der Waals surface area (Å²) in [6, 6.07) is 4.77. The van der Waals surface area contributed by atoms with Gasteiger partial charge in [-0.05, 0) is 55.7 Å². The number of Topliss-reactive ketones (excluding diaryl/α,β-unsaturated/α-hetero) is 2. The smallest absolute Gasteiger partial charge is 0.243 e. The minimum Gasteiger partial charge on any atom is -0.325 e. The number of rotatable bonds is 4. The van der Waals surface area contributed by atoms with E-state index in [2.05, 4.69) is 5.32 Å². The standard InChI is InChI=1S/C23H30N2O5S/c1-15-8-9-16(14-17(15)31(29,30)25-12-6-5-7-13-25)24-20(28)23-11-10-22(4,21(23,2)3)18(26)19(23)27/h8-9,14H,5-7,10-13H2,1-4H3,(H,24,28). The van der Waals surface area contributed by atoms with Crippen molar-refractivity contribution in [2.24, 2.45) is 16.2 Å². The van der Waals surface area contributed by atoms with E-state index in [1.54, 1.807) is 26.0 Å². The molecule has 1 aliphatic heterocycles. The fraction of sp³-hybridized carbons (Fsp3) is 0.609. The van der Waals surface area contributed by atoms with Gasteiger partial charge in [-0.1, -0.05) is 33.3 Å². The van der Waals surface area contributed by atoms with Crippen molar-refractivity contribution in [3.8, 4) is 0 Å². The fourth-order valence-corrected chi connectivity index (χ4v) is 7.48. The maximum Gasteiger partial charge on any atom is 0.243 e. The highest BCUT2D eigenvalue weighted by atomic mass is 32.2. The van der Waals surface area contributed by atoms with E-state index in [9.17, 15) is 22.8 Å². The van der Waals surface area contributed by atoms with Crippen LogP contribution in [-0.2, 0) is 24.4 Å². The number of hydrogen-bond acceptors (Lipinski definition) is 5. The molecule has 2 saturated carbocycles. The van der Waals surface area contributed by atoms with E-state index >= 15 is 0 Å². The molecule has 4 rings (SSSR count). The Morgan fingerprint density at radius 3 is 2.23 bits per heavy atom. The number of benzene rings is 1. The third-order valence-corrected chi connectivity index (χ3v) is 10.3. The monoisotopic (exact) mass is 446 g/mol. The summed E-state index contributed by atoms with van der Waals surface area (Å²) < 4.78 is 27.9. The van der Waals surface area contributed by atoms with Crippen LogP contribution >= 0.6 is 0 Å². The molecule has 2 atom stereocenters. The number of nitrogens with zero attached hydrogens (tertiary/aromatic N) is 1. The first-order valence-corrected chi connectivity index (χ1v) is 12.4. The zero-order valence-electron chi connectivity index (χ0n) is 18.6. The molecular formula is C23H30N2O5S. The van der Waals surface area contributed by atoms with Crippen molar-refractivity contribution in [2.45, 2.75) is 64.7 Å². The maximum atomic E-state index is 13.4. The predicted molar refractivity (Wildman–Crippen MR) is 116 cm³/mol. The summed E-state index contributed by atoms with van der Waals surface area (Å²) in [5.74, 6) is -1.63. The van der Waals surface area contributed by atoms with Crippen LogP contribution in [0.4, 0.5) is 5.69 Å². The Hall–Kier alpha value is -2.06. The van der Waals surface area contributed by atoms with Crippen LogP contribution in [0.2, 0.25) is 0 Å². The molecular weight excluding hydrogens is 416 g/mol. The molecule has 8 heteroatoms. The molecule has 7 nitrogen and oxygen atoms in total. The van der Waals surface area contributed by atoms with Gasteiger partial charge in [-0.3, -0.25) is 14.4 Å². The highest BCUT2D eigenvalue weighted by Crippen LogP contribution is 2.69. The van der Waals surface area contributed by atoms with Crippen molar-refractivity contribution in [1.82, 2.24) is 4.31 Å². The van der Waals surface area contributed by atoms with Gasteiger partial charge in [0.05, 0.1) is 4.90 Å². The molecule has 3 fully saturated rings. The van der Waals surface area contributed by atoms with E-state index in [0.717, 1.165) is 19.3 Å². The minimum atomic E-state index is -3.67. The van der Waals surface area contributed by atoms with Gasteiger partial charge in [-0.2, -0.15) is 4.31 Å². The average molecular weight is 447 g/mol. The van der Waals surface area contributed by atoms with Gasteiger partial charge in [-0.25, -0.2) is 8.42 Å². The highest BCUT2D eigenvalue weighted by Gasteiger charge is 2.77. The number of nitrogens with one attached hydrogen (secondary N) is 1. The lowest BCUT2D eigenvalue weighted by atomic mass is 9.64. The summed E-state index contributed by atoms with van der Waals surface area (Å²) in [6.45, 7) is 8.10. The fourth-order valence-electron chi connectivity index (χ4n) is 5.71. The van der Waals surface area contributed by atoms with Crippen molar-refractivity contribution >= 4 is 33.2 Å². The molecule has 2 unspecified atom stereocenters. The van der Waals surface area contributed by atoms with Gasteiger partial charge in [0.15, 0.2) is 0 Å². The van der Waals surface area contributed by atoms with E-state index in [1.165, 1.54) is 10.4 Å². The zero-order valence-corrected chi connectivity index (χ0v) is 19.4. The Morgan fingerprint density at radius 1 is 1.00 bits per heavy atom. The molecule has 1 aromatic rings. The Labute approximate surface area is 183 Å². The summed E-state index contributed by atoms with van der Waals surface area (Å²) in [6.07, 6.45) is 3.49. The number of aryl methyl sites for hydroxylation is 1. The lowest BCUT2D eigenvalue weighted by Crippen LogP contribution is -2.47. The number of carbonyl (C=O) groups excluding carboxylic acids is 3. The van der Waals surface area contributed by atoms with Crippen LogP contribution in [0.5, 0.6) is 0 Å². The van der Waals surface area contributed by atoms with Crippen LogP contribution < -0.4 is 5.32 Å². The largest absolute Gasteiger partial charge is 0.325 e. The number of ketones is 2. The molecule has 31 heavy (non-hydrogen) atoms. The number of hydrogen-bond donors (Lipinski definition) is 1. The second-order valence-corrected chi connectivity index (χ2v) is 11.8. The molecule has 1 N–H and O–H groups in total. The number of amides is 1. The van der Waals surface area contributed by atoms with E-state index in [0.29, 0.717) is 37.2 Å². The molecule has 168 valence electrons. The highest BCUT2D eigenvalue weighted by molar-refractivity contribution is 7.89. The molecule has 1 saturated heterocycles. The summed E-state index contributed by atoms with van der Waals surface area (Å²) in [7, 11) is -3.67. The van der Waals surface area contributed by atoms with E-state index in [-0.39, 0.29) is 4.90 Å². The molecule has 0 spiro atoms. The first kappa shape index (κ1) is 22.1. The Kier molecular flexibility index (Phi) is 4.98. The van der Waals surface area contributed by atoms with Crippen molar-refractivity contribution in [2.75, 3.05) is 18.4 Å². The summed E-state index contributed by atoms with van der Waals surface area (Å²) in [5, 5.41) is 2.77. The topological polar surface area (TPSA) is 101 Å². The van der Waals surface area contributed by atoms with Crippen LogP contribution in [0, 0.1) is 23.2 Å². The van der Waals surface area contributed by atoms with Crippen LogP contribution in [0.25, 0.3) is 0 Å². The molecule has 1 aromatic carbocycles. The summed E-state index contributed by atoms with van der Waals surface area (Å²) in [5.41, 5.74) is -2.17. The molecule has 2 bridgehead atoms. The number of carbonyl (C=O) groups is 3. The van der Waals surface area contributed by atoms with Crippen molar-refractivity contribution < 1.29 is 22.8 Å². The van der Waals surface area contributed by atoms with Gasteiger partial charge in [0.2, 0.25) is 27.5 Å². The number of anilines is 1. The molecule has 0 radical (unpaired) electrons. The van der Waals surface area contributed by atoms with Crippen molar-refractivity contribution in [3.05, 3.63) is 23.8 Å². The van der Waals surface area contributed by atoms with Crippen LogP contribution in [0.1, 0.15) is 58.4 Å². The number of sulfonamides is 1. The normalized spacial score (nSPS) is 30.6. The minimum absolute atomic E-state index is 0.161. The molecule has 1 heterocycles. The van der Waals surface area contributed by atoms with Gasteiger partial charge in [0.25, 0.3) is 0 Å². The molecule has 1 amide bonds. The Bertz CT molecular complexity index is 1090. The van der Waals surface area contributed by atoms with Crippen LogP contribution in [0.3, 0.4) is 0 Å². The second-order valence-electron chi connectivity index (χ2n) is 9.92. The van der Waals surface area contributed by atoms with Crippen molar-refractivity contribution in [1.29, 1.82) is 0 Å². The van der Waals surface area contributed by atoms with Crippen molar-refractivity contribution in [3.63, 3.8) is 0 Å². The average Bonchev–Trinajstić information content (AvgIpc) is 3.01. The van der Waals surface area contributed by atoms with Gasteiger partial charge in [0, 0.05) is 24.2 Å². The lowest BCUT2D eigenvalue weighted by molar-refractivity contribution is -0.147. The quantitative estimate of drug-likeness (QED) is 0.566. The lowest BCUT2D eigenvalue weighted by Gasteiger charge is -2.37. The van der Waals surface area contributed by atoms with E-state index < -0.39 is 43.7 Å². The number of piperidine rings is 1. The summed E-state index contributed by atoms with van der Waals surface area (Å²) in [4.78, 5) is 39.1. The number of fused-ring (bicyclic) bond motifs is 2. The summed E-state index contributed by atoms with van der Waals surface area (Å²) >= 11 is 0. The second kappa shape index (κ2) is 6.97. The SMILES string of the molecule is Cc1ccc(NC(=O)C23CCC(C)(C(=O)C2=O)C3(C)C)cc1S(=O)(=O)N1CCCCC1. The first-order chi connectivity index (χ1) is 14.4. The predicted octanol–water partition coefficient (Wildman–Crippen LogP) is 3.07. The van der Waals surface area contributed by atoms with E-state index in [1.807, 2.05) is 13.8 Å². The van der Waals surface area contributed by atoms with Crippen LogP contribution in [0.15, 0.2) is 23.1 Å². The van der Waals surface area contributed by atoms with E-state index in [4.69, 9.17) is 0 Å². The molecule has 3 aliphatic rings. The maximum absolute atomic E-state index is 13.4. The molecule has 2 aliphatic carbocycles.